The standard InChI is InChI=1S/C39H41N5O6S/c1-5-27-35(47)42-30(33(45)40(27)3)21-38(25-17-11-10-14-23(25)20-32(38)42)39-22-31-34(46)41(4)28(6-2)36(48)43(31)37(39)44(29-19-13-12-18-26(29)39)51(49,50)24-15-8-7-9-16-24/h7-19,27-28,30-32,37H,5-6,20-22H2,1-4H3/t27-,28-,30-,31-,32-,37-,38?,39-/m0/s1. The van der Waals surface area contributed by atoms with E-state index in [0.29, 0.717) is 30.5 Å². The summed E-state index contributed by atoms with van der Waals surface area (Å²) < 4.78 is 31.7. The molecule has 5 aliphatic heterocycles. The predicted molar refractivity (Wildman–Crippen MR) is 188 cm³/mol. The fourth-order valence-corrected chi connectivity index (χ4v) is 12.9. The number of amides is 4. The van der Waals surface area contributed by atoms with Crippen molar-refractivity contribution in [2.45, 2.75) is 98.1 Å². The molecule has 12 heteroatoms. The molecular formula is C39H41N5O6S. The Morgan fingerprint density at radius 2 is 1.18 bits per heavy atom. The van der Waals surface area contributed by atoms with Gasteiger partial charge < -0.3 is 19.6 Å². The zero-order valence-electron chi connectivity index (χ0n) is 29.1. The van der Waals surface area contributed by atoms with Crippen LogP contribution in [-0.4, -0.2) is 102 Å². The van der Waals surface area contributed by atoms with E-state index < -0.39 is 57.2 Å². The van der Waals surface area contributed by atoms with E-state index in [4.69, 9.17) is 0 Å². The van der Waals surface area contributed by atoms with Crippen LogP contribution in [0.15, 0.2) is 83.8 Å². The van der Waals surface area contributed by atoms with Crippen LogP contribution in [-0.2, 0) is 46.5 Å². The molecule has 4 amide bonds. The number of anilines is 1. The Labute approximate surface area is 297 Å². The van der Waals surface area contributed by atoms with Gasteiger partial charge in [-0.2, -0.15) is 0 Å². The maximum Gasteiger partial charge on any atom is 0.266 e. The topological polar surface area (TPSA) is 119 Å². The summed E-state index contributed by atoms with van der Waals surface area (Å²) in [5.41, 5.74) is 0.889. The lowest BCUT2D eigenvalue weighted by Gasteiger charge is -2.50. The van der Waals surface area contributed by atoms with Crippen molar-refractivity contribution in [2.75, 3.05) is 18.4 Å². The zero-order chi connectivity index (χ0) is 35.8. The molecule has 264 valence electrons. The van der Waals surface area contributed by atoms with Gasteiger partial charge in [-0.25, -0.2) is 12.7 Å². The Morgan fingerprint density at radius 3 is 1.82 bits per heavy atom. The highest BCUT2D eigenvalue weighted by molar-refractivity contribution is 7.92. The highest BCUT2D eigenvalue weighted by atomic mass is 32.2. The molecule has 5 heterocycles. The number of para-hydroxylation sites is 1. The highest BCUT2D eigenvalue weighted by Crippen LogP contribution is 2.71. The lowest BCUT2D eigenvalue weighted by atomic mass is 9.53. The Bertz CT molecular complexity index is 2140. The first kappa shape index (κ1) is 32.2. The minimum atomic E-state index is -4.32. The monoisotopic (exact) mass is 707 g/mol. The molecule has 6 aliphatic rings. The van der Waals surface area contributed by atoms with Gasteiger partial charge in [-0.3, -0.25) is 19.2 Å². The van der Waals surface area contributed by atoms with Crippen LogP contribution in [0, 0.1) is 0 Å². The van der Waals surface area contributed by atoms with Gasteiger partial charge >= 0.3 is 0 Å². The Kier molecular flexibility index (Phi) is 6.73. The second-order valence-electron chi connectivity index (χ2n) is 15.0. The van der Waals surface area contributed by atoms with E-state index in [2.05, 4.69) is 12.1 Å². The maximum absolute atomic E-state index is 15.2. The molecule has 4 saturated heterocycles. The van der Waals surface area contributed by atoms with E-state index in [0.717, 1.165) is 11.1 Å². The summed E-state index contributed by atoms with van der Waals surface area (Å²) in [5.74, 6) is -0.802. The minimum absolute atomic E-state index is 0.0708. The molecule has 0 spiro atoms. The first-order chi connectivity index (χ1) is 24.5. The van der Waals surface area contributed by atoms with Crippen molar-refractivity contribution in [2.24, 2.45) is 0 Å². The smallest absolute Gasteiger partial charge is 0.266 e. The summed E-state index contributed by atoms with van der Waals surface area (Å²) in [5, 5.41) is 0. The van der Waals surface area contributed by atoms with Crippen LogP contribution in [0.3, 0.4) is 0 Å². The summed E-state index contributed by atoms with van der Waals surface area (Å²) in [6.45, 7) is 3.76. The fourth-order valence-electron chi connectivity index (χ4n) is 11.2. The van der Waals surface area contributed by atoms with E-state index in [1.54, 1.807) is 71.3 Å². The van der Waals surface area contributed by atoms with Crippen LogP contribution >= 0.6 is 0 Å². The normalized spacial score (nSPS) is 33.7. The van der Waals surface area contributed by atoms with Crippen LogP contribution in [0.2, 0.25) is 0 Å². The van der Waals surface area contributed by atoms with Crippen LogP contribution in [0.1, 0.15) is 56.2 Å². The average molecular weight is 708 g/mol. The molecule has 8 atom stereocenters. The minimum Gasteiger partial charge on any atom is -0.332 e. The van der Waals surface area contributed by atoms with Crippen molar-refractivity contribution in [1.29, 1.82) is 0 Å². The predicted octanol–water partition coefficient (Wildman–Crippen LogP) is 3.03. The van der Waals surface area contributed by atoms with E-state index >= 15 is 8.42 Å². The molecule has 0 N–H and O–H groups in total. The number of nitrogens with zero attached hydrogens (tertiary/aromatic N) is 5. The summed E-state index contributed by atoms with van der Waals surface area (Å²) in [6.07, 6.45) is 0.534. The van der Waals surface area contributed by atoms with Gasteiger partial charge in [-0.05, 0) is 67.0 Å². The molecule has 3 aromatic carbocycles. The van der Waals surface area contributed by atoms with E-state index in [-0.39, 0.29) is 41.4 Å². The third-order valence-electron chi connectivity index (χ3n) is 13.2. The molecule has 1 aliphatic carbocycles. The van der Waals surface area contributed by atoms with E-state index in [9.17, 15) is 19.2 Å². The molecule has 1 unspecified atom stereocenters. The largest absolute Gasteiger partial charge is 0.332 e. The van der Waals surface area contributed by atoms with Gasteiger partial charge in [0.1, 0.15) is 30.3 Å². The van der Waals surface area contributed by atoms with Crippen molar-refractivity contribution in [3.63, 3.8) is 0 Å². The molecule has 0 saturated carbocycles. The number of carbonyl (C=O) groups excluding carboxylic acids is 4. The summed E-state index contributed by atoms with van der Waals surface area (Å²) >= 11 is 0. The van der Waals surface area contributed by atoms with Crippen molar-refractivity contribution in [3.8, 4) is 0 Å². The molecule has 0 aromatic heterocycles. The number of sulfonamides is 1. The van der Waals surface area contributed by atoms with Crippen molar-refractivity contribution < 1.29 is 27.6 Å². The Balaban J connectivity index is 1.38. The van der Waals surface area contributed by atoms with E-state index in [1.165, 1.54) is 9.21 Å². The SMILES string of the molecule is CC[C@H]1C(=O)N2[C@H]3Cc4ccccc4C3([C@]34C[C@H]5C(=O)N(C)[C@@H](CC)C(=O)N5[C@H]3N(S(=O)(=O)c3ccccc3)c3ccccc34)C[C@H]2C(=O)N1C. The Hall–Kier alpha value is -4.71. The number of fused-ring (bicyclic) bond motifs is 11. The summed E-state index contributed by atoms with van der Waals surface area (Å²) in [7, 11) is -0.982. The number of likely N-dealkylation sites (N-methyl/N-ethyl adjacent to an activating group) is 2. The van der Waals surface area contributed by atoms with Crippen LogP contribution in [0.25, 0.3) is 0 Å². The molecule has 9 rings (SSSR count). The molecule has 3 aromatic rings. The quantitative estimate of drug-likeness (QED) is 0.403. The van der Waals surface area contributed by atoms with E-state index in [1.807, 2.05) is 38.1 Å². The second kappa shape index (κ2) is 10.7. The van der Waals surface area contributed by atoms with Crippen LogP contribution in [0.5, 0.6) is 0 Å². The van der Waals surface area contributed by atoms with Crippen LogP contribution < -0.4 is 4.31 Å². The first-order valence-electron chi connectivity index (χ1n) is 17.9. The molecule has 11 nitrogen and oxygen atoms in total. The van der Waals surface area contributed by atoms with Gasteiger partial charge in [-0.15, -0.1) is 0 Å². The number of rotatable bonds is 5. The van der Waals surface area contributed by atoms with Gasteiger partial charge in [-0.1, -0.05) is 74.5 Å². The molecule has 51 heavy (non-hydrogen) atoms. The van der Waals surface area contributed by atoms with Gasteiger partial charge in [0.25, 0.3) is 10.0 Å². The lowest BCUT2D eigenvalue weighted by Crippen LogP contribution is -2.68. The first-order valence-corrected chi connectivity index (χ1v) is 19.4. The highest BCUT2D eigenvalue weighted by Gasteiger charge is 2.80. The molecule has 0 bridgehead atoms. The van der Waals surface area contributed by atoms with Gasteiger partial charge in [0.05, 0.1) is 16.0 Å². The van der Waals surface area contributed by atoms with Gasteiger partial charge in [0.2, 0.25) is 23.6 Å². The third kappa shape index (κ3) is 3.66. The molecule has 0 radical (unpaired) electrons. The van der Waals surface area contributed by atoms with Crippen molar-refractivity contribution in [3.05, 3.63) is 95.6 Å². The zero-order valence-corrected chi connectivity index (χ0v) is 29.9. The number of piperazine rings is 2. The Morgan fingerprint density at radius 1 is 0.647 bits per heavy atom. The summed E-state index contributed by atoms with van der Waals surface area (Å²) in [6, 6.07) is 20.0. The summed E-state index contributed by atoms with van der Waals surface area (Å²) in [4.78, 5) is 64.8. The fraction of sp³-hybridized carbons (Fsp3) is 0.436. The van der Waals surface area contributed by atoms with Crippen molar-refractivity contribution in [1.82, 2.24) is 19.6 Å². The van der Waals surface area contributed by atoms with Gasteiger partial charge in [0, 0.05) is 25.6 Å². The molecular weight excluding hydrogens is 667 g/mol. The number of hydrogen-bond donors (Lipinski definition) is 0. The van der Waals surface area contributed by atoms with Crippen molar-refractivity contribution >= 4 is 39.3 Å². The number of carbonyl (C=O) groups is 4. The second-order valence-corrected chi connectivity index (χ2v) is 16.8. The number of hydrogen-bond acceptors (Lipinski definition) is 6. The van der Waals surface area contributed by atoms with Gasteiger partial charge in [0.15, 0.2) is 0 Å². The third-order valence-corrected chi connectivity index (χ3v) is 15.0. The average Bonchev–Trinajstić information content (AvgIpc) is 3.84. The lowest BCUT2D eigenvalue weighted by molar-refractivity contribution is -0.160. The number of benzene rings is 3. The maximum atomic E-state index is 15.2. The van der Waals surface area contributed by atoms with Crippen LogP contribution in [0.4, 0.5) is 5.69 Å². The molecule has 4 fully saturated rings.